The molecule has 0 fully saturated rings. The summed E-state index contributed by atoms with van der Waals surface area (Å²) in [5.74, 6) is 0.260. The Hall–Kier alpha value is -4.51. The zero-order chi connectivity index (χ0) is 25.6. The van der Waals surface area contributed by atoms with Gasteiger partial charge in [0.15, 0.2) is 5.78 Å². The minimum absolute atomic E-state index is 0.260. The molecule has 5 nitrogen and oxygen atoms in total. The van der Waals surface area contributed by atoms with Crippen molar-refractivity contribution in [1.29, 1.82) is 0 Å². The van der Waals surface area contributed by atoms with E-state index in [0.717, 1.165) is 52.9 Å². The van der Waals surface area contributed by atoms with Crippen LogP contribution < -0.4 is 0 Å². The second kappa shape index (κ2) is 9.10. The molecule has 2 aliphatic carbocycles. The van der Waals surface area contributed by atoms with Crippen LogP contribution in [0.3, 0.4) is 0 Å². The first-order valence-corrected chi connectivity index (χ1v) is 13.1. The fourth-order valence-electron chi connectivity index (χ4n) is 5.84. The second-order valence-electron chi connectivity index (χ2n) is 10.1. The summed E-state index contributed by atoms with van der Waals surface area (Å²) >= 11 is 0. The molecule has 0 spiro atoms. The van der Waals surface area contributed by atoms with Gasteiger partial charge in [-0.05, 0) is 88.0 Å². The highest BCUT2D eigenvalue weighted by molar-refractivity contribution is 6.02. The number of pyridine rings is 2. The number of benzene rings is 2. The molecule has 4 aliphatic rings. The molecule has 2 aromatic heterocycles. The van der Waals surface area contributed by atoms with Gasteiger partial charge in [-0.25, -0.2) is 0 Å². The molecule has 0 atom stereocenters. The van der Waals surface area contributed by atoms with Crippen LogP contribution >= 0.6 is 0 Å². The number of aliphatic imine (C=N–C) groups is 2. The van der Waals surface area contributed by atoms with Crippen molar-refractivity contribution in [1.82, 2.24) is 9.97 Å². The maximum atomic E-state index is 11.8. The lowest BCUT2D eigenvalue weighted by atomic mass is 9.96. The van der Waals surface area contributed by atoms with Crippen LogP contribution in [0.4, 0.5) is 0 Å². The predicted octanol–water partition coefficient (Wildman–Crippen LogP) is 6.45. The molecule has 0 unspecified atom stereocenters. The highest BCUT2D eigenvalue weighted by Crippen LogP contribution is 2.36. The summed E-state index contributed by atoms with van der Waals surface area (Å²) in [5, 5.41) is 0. The monoisotopic (exact) mass is 494 g/mol. The van der Waals surface area contributed by atoms with Crippen molar-refractivity contribution < 1.29 is 4.79 Å². The number of aromatic nitrogens is 2. The second-order valence-corrected chi connectivity index (χ2v) is 10.1. The molecular weight excluding hydrogens is 468 g/mol. The lowest BCUT2D eigenvalue weighted by Gasteiger charge is -2.09. The number of nitrogens with zero attached hydrogens (tertiary/aromatic N) is 4. The Balaban J connectivity index is 0.000000127. The van der Waals surface area contributed by atoms with E-state index in [0.29, 0.717) is 19.5 Å². The Morgan fingerprint density at radius 1 is 0.605 bits per heavy atom. The molecule has 8 rings (SSSR count). The van der Waals surface area contributed by atoms with Gasteiger partial charge in [0.1, 0.15) is 0 Å². The average molecular weight is 495 g/mol. The third-order valence-corrected chi connectivity index (χ3v) is 7.91. The third-order valence-electron chi connectivity index (χ3n) is 7.91. The van der Waals surface area contributed by atoms with Gasteiger partial charge in [-0.2, -0.15) is 0 Å². The summed E-state index contributed by atoms with van der Waals surface area (Å²) in [4.78, 5) is 29.2. The molecule has 2 aromatic carbocycles. The van der Waals surface area contributed by atoms with Crippen molar-refractivity contribution >= 4 is 23.8 Å². The Morgan fingerprint density at radius 3 is 1.79 bits per heavy atom. The molecule has 38 heavy (non-hydrogen) atoms. The van der Waals surface area contributed by atoms with Gasteiger partial charge < -0.3 is 0 Å². The van der Waals surface area contributed by atoms with Gasteiger partial charge in [0.25, 0.3) is 0 Å². The Bertz CT molecular complexity index is 1590. The number of rotatable bonds is 2. The number of carbonyl (C=O) groups excluding carboxylic acids is 1. The standard InChI is InChI=1S/C17H14N2.C16H12N2O/c1-11-2-3-12-4-5-13(8-15(11)12)14-6-7-19-17-10-18-9-16(14)17;19-16-4-3-10-1-2-11(7-13(10)16)12-5-6-18-15-9-17-8-14(12)15/h4-9H,1-3,10H2;1-2,5-8H,3-4,9H2. The molecule has 184 valence electrons. The lowest BCUT2D eigenvalue weighted by molar-refractivity contribution is 0.0994. The summed E-state index contributed by atoms with van der Waals surface area (Å²) in [7, 11) is 0. The molecule has 4 aromatic rings. The normalized spacial score (nSPS) is 15.7. The first-order chi connectivity index (χ1) is 18.7. The van der Waals surface area contributed by atoms with Gasteiger partial charge in [-0.1, -0.05) is 30.8 Å². The molecular formula is C33H26N4O. The van der Waals surface area contributed by atoms with Crippen LogP contribution in [0, 0.1) is 0 Å². The first-order valence-electron chi connectivity index (χ1n) is 13.1. The van der Waals surface area contributed by atoms with E-state index in [4.69, 9.17) is 0 Å². The van der Waals surface area contributed by atoms with Gasteiger partial charge in [-0.15, -0.1) is 0 Å². The van der Waals surface area contributed by atoms with E-state index in [-0.39, 0.29) is 5.78 Å². The van der Waals surface area contributed by atoms with E-state index in [1.165, 1.54) is 39.0 Å². The van der Waals surface area contributed by atoms with Gasteiger partial charge in [-0.3, -0.25) is 24.7 Å². The van der Waals surface area contributed by atoms with E-state index in [2.05, 4.69) is 62.9 Å². The van der Waals surface area contributed by atoms with Crippen LogP contribution in [0.5, 0.6) is 0 Å². The number of allylic oxidation sites excluding steroid dienone is 1. The van der Waals surface area contributed by atoms with Crippen LogP contribution in [0.25, 0.3) is 27.8 Å². The molecule has 2 aliphatic heterocycles. The van der Waals surface area contributed by atoms with Crippen LogP contribution in [-0.4, -0.2) is 28.2 Å². The van der Waals surface area contributed by atoms with Crippen LogP contribution in [0.2, 0.25) is 0 Å². The van der Waals surface area contributed by atoms with Gasteiger partial charge in [0.05, 0.1) is 24.5 Å². The minimum Gasteiger partial charge on any atom is -0.294 e. The van der Waals surface area contributed by atoms with Crippen molar-refractivity contribution in [2.45, 2.75) is 38.8 Å². The average Bonchev–Trinajstić information content (AvgIpc) is 3.76. The largest absolute Gasteiger partial charge is 0.294 e. The maximum Gasteiger partial charge on any atom is 0.163 e. The topological polar surface area (TPSA) is 67.6 Å². The quantitative estimate of drug-likeness (QED) is 0.322. The molecule has 0 amide bonds. The van der Waals surface area contributed by atoms with E-state index >= 15 is 0 Å². The SMILES string of the molecule is C=C1CCc2ccc(-c3ccnc4c3C=NC4)cc21.O=C1CCc2ccc(-c3ccnc4c3C=NC4)cc21. The molecule has 0 saturated carbocycles. The van der Waals surface area contributed by atoms with Crippen molar-refractivity contribution in [2.75, 3.05) is 0 Å². The fraction of sp³-hybridized carbons (Fsp3) is 0.182. The van der Waals surface area contributed by atoms with Crippen molar-refractivity contribution in [2.24, 2.45) is 9.98 Å². The Labute approximate surface area is 221 Å². The third kappa shape index (κ3) is 3.82. The highest BCUT2D eigenvalue weighted by Gasteiger charge is 2.21. The molecule has 5 heteroatoms. The minimum atomic E-state index is 0.260. The van der Waals surface area contributed by atoms with Crippen LogP contribution in [0.15, 0.2) is 77.5 Å². The van der Waals surface area contributed by atoms with Crippen molar-refractivity contribution in [3.8, 4) is 22.3 Å². The first kappa shape index (κ1) is 22.7. The van der Waals surface area contributed by atoms with Gasteiger partial charge >= 0.3 is 0 Å². The van der Waals surface area contributed by atoms with Crippen molar-refractivity contribution in [3.63, 3.8) is 0 Å². The summed E-state index contributed by atoms with van der Waals surface area (Å²) in [6.45, 7) is 5.53. The molecule has 0 saturated heterocycles. The smallest absolute Gasteiger partial charge is 0.163 e. The number of Topliss-reactive ketones (excluding diaryl/α,β-unsaturated/α-hetero) is 1. The molecule has 0 N–H and O–H groups in total. The summed E-state index contributed by atoms with van der Waals surface area (Å²) in [6.07, 6.45) is 11.3. The van der Waals surface area contributed by atoms with E-state index in [9.17, 15) is 4.79 Å². The van der Waals surface area contributed by atoms with E-state index in [1.54, 1.807) is 0 Å². The summed E-state index contributed by atoms with van der Waals surface area (Å²) in [5.41, 5.74) is 15.1. The number of carbonyl (C=O) groups is 1. The fourth-order valence-corrected chi connectivity index (χ4v) is 5.84. The van der Waals surface area contributed by atoms with Crippen LogP contribution in [-0.2, 0) is 25.9 Å². The lowest BCUT2D eigenvalue weighted by Crippen LogP contribution is -1.96. The van der Waals surface area contributed by atoms with Gasteiger partial charge in [0.2, 0.25) is 0 Å². The maximum absolute atomic E-state index is 11.8. The van der Waals surface area contributed by atoms with Crippen LogP contribution in [0.1, 0.15) is 62.4 Å². The highest BCUT2D eigenvalue weighted by atomic mass is 16.1. The molecule has 4 heterocycles. The van der Waals surface area contributed by atoms with Crippen molar-refractivity contribution in [3.05, 3.63) is 112 Å². The van der Waals surface area contributed by atoms with E-state index < -0.39 is 0 Å². The number of fused-ring (bicyclic) bond motifs is 4. The zero-order valence-electron chi connectivity index (χ0n) is 21.1. The number of aryl methyl sites for hydroxylation is 2. The predicted molar refractivity (Wildman–Crippen MR) is 152 cm³/mol. The van der Waals surface area contributed by atoms with Gasteiger partial charge in [0, 0.05) is 47.9 Å². The number of ketones is 1. The summed E-state index contributed by atoms with van der Waals surface area (Å²) in [6, 6.07) is 17.0. The summed E-state index contributed by atoms with van der Waals surface area (Å²) < 4.78 is 0. The zero-order valence-corrected chi connectivity index (χ0v) is 21.1. The Morgan fingerprint density at radius 2 is 1.16 bits per heavy atom. The Kier molecular flexibility index (Phi) is 5.43. The molecule has 0 radical (unpaired) electrons. The van der Waals surface area contributed by atoms with E-state index in [1.807, 2.05) is 37.0 Å². The number of hydrogen-bond donors (Lipinski definition) is 0. The number of hydrogen-bond acceptors (Lipinski definition) is 5. The molecule has 0 bridgehead atoms.